The zero-order valence-electron chi connectivity index (χ0n) is 11.4. The van der Waals surface area contributed by atoms with Crippen LogP contribution in [-0.2, 0) is 6.54 Å². The van der Waals surface area contributed by atoms with Gasteiger partial charge in [-0.25, -0.2) is 0 Å². The summed E-state index contributed by atoms with van der Waals surface area (Å²) < 4.78 is 1.03. The minimum absolute atomic E-state index is 1.03. The van der Waals surface area contributed by atoms with E-state index in [0.29, 0.717) is 0 Å². The lowest BCUT2D eigenvalue weighted by atomic mass is 10.2. The van der Waals surface area contributed by atoms with Gasteiger partial charge in [-0.1, -0.05) is 52.3 Å². The van der Waals surface area contributed by atoms with E-state index in [1.807, 2.05) is 6.07 Å². The first kappa shape index (κ1) is 13.7. The van der Waals surface area contributed by atoms with Gasteiger partial charge >= 0.3 is 0 Å². The summed E-state index contributed by atoms with van der Waals surface area (Å²) in [7, 11) is 0. The molecule has 1 saturated heterocycles. The van der Waals surface area contributed by atoms with Crippen LogP contribution in [0.1, 0.15) is 5.56 Å². The number of anilines is 1. The third-order valence-corrected chi connectivity index (χ3v) is 4.19. The fourth-order valence-electron chi connectivity index (χ4n) is 2.63. The molecule has 2 nitrogen and oxygen atoms in total. The predicted octanol–water partition coefficient (Wildman–Crippen LogP) is 3.57. The fourth-order valence-corrected chi connectivity index (χ4v) is 3.00. The maximum Gasteiger partial charge on any atom is 0.0378 e. The normalized spacial score (nSPS) is 16.4. The summed E-state index contributed by atoms with van der Waals surface area (Å²) in [5.41, 5.74) is 2.69. The summed E-state index contributed by atoms with van der Waals surface area (Å²) in [6.45, 7) is 5.46. The molecule has 0 bridgehead atoms. The van der Waals surface area contributed by atoms with Gasteiger partial charge in [-0.15, -0.1) is 0 Å². The molecule has 1 aliphatic heterocycles. The number of hydrogen-bond acceptors (Lipinski definition) is 2. The van der Waals surface area contributed by atoms with E-state index in [1.165, 1.54) is 11.3 Å². The second-order valence-corrected chi connectivity index (χ2v) is 6.00. The van der Waals surface area contributed by atoms with Gasteiger partial charge in [0.15, 0.2) is 0 Å². The molecule has 0 saturated carbocycles. The summed E-state index contributed by atoms with van der Waals surface area (Å²) >= 11 is 3.49. The van der Waals surface area contributed by atoms with Crippen molar-refractivity contribution in [2.24, 2.45) is 0 Å². The van der Waals surface area contributed by atoms with Gasteiger partial charge in [-0.3, -0.25) is 4.90 Å². The molecule has 1 heterocycles. The Hall–Kier alpha value is -1.32. The Morgan fingerprint density at radius 3 is 2.45 bits per heavy atom. The minimum atomic E-state index is 1.03. The molecule has 103 valence electrons. The van der Waals surface area contributed by atoms with Crippen molar-refractivity contribution < 1.29 is 0 Å². The molecule has 0 atom stereocenters. The van der Waals surface area contributed by atoms with Crippen LogP contribution < -0.4 is 4.90 Å². The van der Waals surface area contributed by atoms with Gasteiger partial charge in [-0.2, -0.15) is 0 Å². The predicted molar refractivity (Wildman–Crippen MR) is 86.9 cm³/mol. The number of rotatable bonds is 3. The molecule has 20 heavy (non-hydrogen) atoms. The highest BCUT2D eigenvalue weighted by molar-refractivity contribution is 9.10. The van der Waals surface area contributed by atoms with Crippen LogP contribution in [0.15, 0.2) is 53.0 Å². The van der Waals surface area contributed by atoms with Crippen LogP contribution in [0.2, 0.25) is 0 Å². The van der Waals surface area contributed by atoms with E-state index in [0.717, 1.165) is 37.2 Å². The first-order valence-corrected chi connectivity index (χ1v) is 7.79. The van der Waals surface area contributed by atoms with Crippen molar-refractivity contribution in [3.63, 3.8) is 0 Å². The van der Waals surface area contributed by atoms with Crippen LogP contribution >= 0.6 is 15.9 Å². The molecule has 1 aliphatic rings. The van der Waals surface area contributed by atoms with E-state index in [1.54, 1.807) is 0 Å². The monoisotopic (exact) mass is 329 g/mol. The van der Waals surface area contributed by atoms with Crippen molar-refractivity contribution in [3.05, 3.63) is 64.6 Å². The zero-order chi connectivity index (χ0) is 13.8. The Morgan fingerprint density at radius 2 is 1.75 bits per heavy atom. The zero-order valence-corrected chi connectivity index (χ0v) is 13.0. The topological polar surface area (TPSA) is 6.48 Å². The highest BCUT2D eigenvalue weighted by Gasteiger charge is 2.17. The fraction of sp³-hybridized carbons (Fsp3) is 0.294. The molecule has 3 rings (SSSR count). The standard InChI is InChI=1S/C17H18BrN2/c18-16-7-4-8-17(13-16)20-11-9-19(10-12-20)14-15-5-2-1-3-6-15/h1-6,8,13H,9-12,14H2. The summed E-state index contributed by atoms with van der Waals surface area (Å²) in [6.07, 6.45) is 0. The van der Waals surface area contributed by atoms with Crippen LogP contribution in [0.4, 0.5) is 5.69 Å². The molecule has 0 aliphatic carbocycles. The average Bonchev–Trinajstić information content (AvgIpc) is 2.49. The van der Waals surface area contributed by atoms with E-state index >= 15 is 0 Å². The van der Waals surface area contributed by atoms with Crippen LogP contribution in [0.5, 0.6) is 0 Å². The van der Waals surface area contributed by atoms with Gasteiger partial charge < -0.3 is 4.90 Å². The SMILES string of the molecule is Brc1[c]ccc(N2CCN(Cc3ccccc3)CC2)c1. The lowest BCUT2D eigenvalue weighted by molar-refractivity contribution is 0.250. The van der Waals surface area contributed by atoms with Crippen molar-refractivity contribution in [1.29, 1.82) is 0 Å². The second kappa shape index (κ2) is 6.42. The number of halogens is 1. The van der Waals surface area contributed by atoms with Gasteiger partial charge in [0.2, 0.25) is 0 Å². The molecular formula is C17H18BrN2. The van der Waals surface area contributed by atoms with E-state index in [-0.39, 0.29) is 0 Å². The Bertz CT molecular complexity index is 548. The number of nitrogens with zero attached hydrogens (tertiary/aromatic N) is 2. The van der Waals surface area contributed by atoms with Crippen molar-refractivity contribution in [3.8, 4) is 0 Å². The van der Waals surface area contributed by atoms with Crippen LogP contribution in [0, 0.1) is 6.07 Å². The molecule has 1 radical (unpaired) electrons. The Kier molecular flexibility index (Phi) is 4.38. The van der Waals surface area contributed by atoms with Gasteiger partial charge in [0, 0.05) is 42.9 Å². The summed E-state index contributed by atoms with van der Waals surface area (Å²) in [5, 5.41) is 0. The van der Waals surface area contributed by atoms with E-state index in [2.05, 4.69) is 74.3 Å². The molecule has 0 amide bonds. The largest absolute Gasteiger partial charge is 0.369 e. The maximum atomic E-state index is 3.49. The van der Waals surface area contributed by atoms with Crippen LogP contribution in [0.25, 0.3) is 0 Å². The second-order valence-electron chi connectivity index (χ2n) is 5.14. The van der Waals surface area contributed by atoms with Crippen LogP contribution in [0.3, 0.4) is 0 Å². The molecule has 0 spiro atoms. The van der Waals surface area contributed by atoms with E-state index < -0.39 is 0 Å². The molecular weight excluding hydrogens is 312 g/mol. The minimum Gasteiger partial charge on any atom is -0.369 e. The van der Waals surface area contributed by atoms with Crippen molar-refractivity contribution >= 4 is 21.6 Å². The third kappa shape index (κ3) is 3.41. The molecule has 0 N–H and O–H groups in total. The van der Waals surface area contributed by atoms with Gasteiger partial charge in [0.25, 0.3) is 0 Å². The lowest BCUT2D eigenvalue weighted by Gasteiger charge is -2.36. The number of piperazine rings is 1. The van der Waals surface area contributed by atoms with Crippen LogP contribution in [-0.4, -0.2) is 31.1 Å². The summed E-state index contributed by atoms with van der Waals surface area (Å²) in [4.78, 5) is 4.97. The molecule has 0 unspecified atom stereocenters. The Morgan fingerprint density at radius 1 is 1.00 bits per heavy atom. The molecule has 3 heteroatoms. The van der Waals surface area contributed by atoms with Gasteiger partial charge in [0.05, 0.1) is 0 Å². The van der Waals surface area contributed by atoms with Crippen molar-refractivity contribution in [2.45, 2.75) is 6.54 Å². The smallest absolute Gasteiger partial charge is 0.0378 e. The van der Waals surface area contributed by atoms with E-state index in [9.17, 15) is 0 Å². The number of benzene rings is 2. The quantitative estimate of drug-likeness (QED) is 0.849. The molecule has 1 fully saturated rings. The first-order chi connectivity index (χ1) is 9.81. The van der Waals surface area contributed by atoms with E-state index in [4.69, 9.17) is 0 Å². The molecule has 2 aromatic rings. The third-order valence-electron chi connectivity index (χ3n) is 3.74. The summed E-state index contributed by atoms with van der Waals surface area (Å²) in [6, 6.07) is 20.1. The molecule has 2 aromatic carbocycles. The summed E-state index contributed by atoms with van der Waals surface area (Å²) in [5.74, 6) is 0. The van der Waals surface area contributed by atoms with Gasteiger partial charge in [0.1, 0.15) is 0 Å². The van der Waals surface area contributed by atoms with Gasteiger partial charge in [-0.05, 0) is 23.8 Å². The Labute approximate surface area is 129 Å². The Balaban J connectivity index is 1.57. The van der Waals surface area contributed by atoms with Crippen molar-refractivity contribution in [1.82, 2.24) is 4.90 Å². The lowest BCUT2D eigenvalue weighted by Crippen LogP contribution is -2.45. The average molecular weight is 330 g/mol. The van der Waals surface area contributed by atoms with Crippen molar-refractivity contribution in [2.75, 3.05) is 31.1 Å². The number of hydrogen-bond donors (Lipinski definition) is 0. The highest BCUT2D eigenvalue weighted by atomic mass is 79.9. The first-order valence-electron chi connectivity index (χ1n) is 7.00. The highest BCUT2D eigenvalue weighted by Crippen LogP contribution is 2.21. The molecule has 0 aromatic heterocycles. The maximum absolute atomic E-state index is 3.49.